The first-order valence-corrected chi connectivity index (χ1v) is 9.77. The topological polar surface area (TPSA) is 54.2 Å². The molecule has 0 amide bonds. The second-order valence-electron chi connectivity index (χ2n) is 5.70. The van der Waals surface area contributed by atoms with Crippen molar-refractivity contribution in [3.05, 3.63) is 46.2 Å². The zero-order valence-corrected chi connectivity index (χ0v) is 16.8. The molecule has 1 aromatic carbocycles. The summed E-state index contributed by atoms with van der Waals surface area (Å²) in [5, 5.41) is 11.9. The van der Waals surface area contributed by atoms with E-state index < -0.39 is 0 Å². The molecule has 0 aliphatic carbocycles. The Hall–Kier alpha value is -1.66. The molecule has 7 heteroatoms. The number of nitrogens with zero attached hydrogens (tertiary/aromatic N) is 3. The SMILES string of the molecule is CCNC(=NCc1c(C)nn(C)c1C)NCCSc1ccc(Cl)cc1. The molecule has 2 aromatic rings. The van der Waals surface area contributed by atoms with Crippen molar-refractivity contribution in [1.82, 2.24) is 20.4 Å². The number of benzene rings is 1. The van der Waals surface area contributed by atoms with Crippen LogP contribution in [-0.4, -0.2) is 34.6 Å². The first kappa shape index (κ1) is 19.7. The van der Waals surface area contributed by atoms with Gasteiger partial charge in [-0.2, -0.15) is 5.10 Å². The summed E-state index contributed by atoms with van der Waals surface area (Å²) in [7, 11) is 1.97. The number of halogens is 1. The first-order chi connectivity index (χ1) is 12.0. The fraction of sp³-hybridized carbons (Fsp3) is 0.444. The van der Waals surface area contributed by atoms with Crippen molar-refractivity contribution in [2.24, 2.45) is 12.0 Å². The molecule has 136 valence electrons. The molecule has 1 aromatic heterocycles. The molecule has 0 aliphatic heterocycles. The third kappa shape index (κ3) is 5.97. The van der Waals surface area contributed by atoms with Crippen molar-refractivity contribution in [2.45, 2.75) is 32.2 Å². The van der Waals surface area contributed by atoms with Crippen LogP contribution in [-0.2, 0) is 13.6 Å². The molecular weight excluding hydrogens is 354 g/mol. The lowest BCUT2D eigenvalue weighted by Gasteiger charge is -2.11. The Labute approximate surface area is 159 Å². The second kappa shape index (κ2) is 9.73. The highest BCUT2D eigenvalue weighted by molar-refractivity contribution is 7.99. The predicted octanol–water partition coefficient (Wildman–Crippen LogP) is 3.54. The molecule has 0 aliphatic rings. The molecule has 2 rings (SSSR count). The monoisotopic (exact) mass is 379 g/mol. The van der Waals surface area contributed by atoms with Crippen LogP contribution in [0.3, 0.4) is 0 Å². The molecule has 0 radical (unpaired) electrons. The fourth-order valence-electron chi connectivity index (χ4n) is 2.42. The molecule has 0 saturated carbocycles. The third-order valence-electron chi connectivity index (χ3n) is 3.88. The second-order valence-corrected chi connectivity index (χ2v) is 7.30. The summed E-state index contributed by atoms with van der Waals surface area (Å²) in [6.07, 6.45) is 0. The highest BCUT2D eigenvalue weighted by atomic mass is 35.5. The van der Waals surface area contributed by atoms with Gasteiger partial charge in [-0.3, -0.25) is 4.68 Å². The Kier molecular flexibility index (Phi) is 7.65. The van der Waals surface area contributed by atoms with E-state index in [1.54, 1.807) is 11.8 Å². The van der Waals surface area contributed by atoms with Crippen molar-refractivity contribution in [3.8, 4) is 0 Å². The van der Waals surface area contributed by atoms with Crippen molar-refractivity contribution < 1.29 is 0 Å². The van der Waals surface area contributed by atoms with E-state index in [1.807, 2.05) is 42.9 Å². The summed E-state index contributed by atoms with van der Waals surface area (Å²) >= 11 is 7.70. The fourth-order valence-corrected chi connectivity index (χ4v) is 3.31. The van der Waals surface area contributed by atoms with Gasteiger partial charge in [0.25, 0.3) is 0 Å². The van der Waals surface area contributed by atoms with Gasteiger partial charge in [-0.05, 0) is 45.0 Å². The summed E-state index contributed by atoms with van der Waals surface area (Å²) in [5.74, 6) is 1.79. The zero-order valence-electron chi connectivity index (χ0n) is 15.3. The average Bonchev–Trinajstić information content (AvgIpc) is 2.83. The number of aromatic nitrogens is 2. The summed E-state index contributed by atoms with van der Waals surface area (Å²) in [5.41, 5.74) is 3.39. The normalized spacial score (nSPS) is 11.6. The van der Waals surface area contributed by atoms with Gasteiger partial charge < -0.3 is 10.6 Å². The van der Waals surface area contributed by atoms with Crippen LogP contribution in [0.4, 0.5) is 0 Å². The van der Waals surface area contributed by atoms with Crippen molar-refractivity contribution in [3.63, 3.8) is 0 Å². The molecule has 0 atom stereocenters. The van der Waals surface area contributed by atoms with E-state index in [4.69, 9.17) is 11.6 Å². The van der Waals surface area contributed by atoms with E-state index in [9.17, 15) is 0 Å². The zero-order chi connectivity index (χ0) is 18.2. The molecule has 0 fully saturated rings. The van der Waals surface area contributed by atoms with E-state index in [0.29, 0.717) is 6.54 Å². The van der Waals surface area contributed by atoms with Gasteiger partial charge in [0.15, 0.2) is 5.96 Å². The summed E-state index contributed by atoms with van der Waals surface area (Å²) in [4.78, 5) is 5.91. The largest absolute Gasteiger partial charge is 0.357 e. The van der Waals surface area contributed by atoms with E-state index in [2.05, 4.69) is 34.6 Å². The number of hydrogen-bond donors (Lipinski definition) is 2. The molecule has 0 unspecified atom stereocenters. The van der Waals surface area contributed by atoms with Gasteiger partial charge in [-0.15, -0.1) is 11.8 Å². The Balaban J connectivity index is 1.86. The smallest absolute Gasteiger partial charge is 0.191 e. The lowest BCUT2D eigenvalue weighted by Crippen LogP contribution is -2.38. The van der Waals surface area contributed by atoms with Crippen LogP contribution in [0.5, 0.6) is 0 Å². The van der Waals surface area contributed by atoms with Gasteiger partial charge in [-0.1, -0.05) is 11.6 Å². The molecule has 1 heterocycles. The van der Waals surface area contributed by atoms with Gasteiger partial charge in [0.2, 0.25) is 0 Å². The lowest BCUT2D eigenvalue weighted by atomic mass is 10.2. The van der Waals surface area contributed by atoms with E-state index in [1.165, 1.54) is 10.5 Å². The molecular formula is C18H26ClN5S. The maximum Gasteiger partial charge on any atom is 0.191 e. The quantitative estimate of drug-likeness (QED) is 0.334. The third-order valence-corrected chi connectivity index (χ3v) is 5.14. The van der Waals surface area contributed by atoms with Crippen molar-refractivity contribution in [1.29, 1.82) is 0 Å². The number of guanidine groups is 1. The minimum absolute atomic E-state index is 0.630. The van der Waals surface area contributed by atoms with Crippen molar-refractivity contribution in [2.75, 3.05) is 18.8 Å². The van der Waals surface area contributed by atoms with Gasteiger partial charge in [0, 0.05) is 47.1 Å². The molecule has 0 spiro atoms. The standard InChI is InChI=1S/C18H26ClN5S/c1-5-20-18(22-12-17-13(2)23-24(4)14(17)3)21-10-11-25-16-8-6-15(19)7-9-16/h6-9H,5,10-12H2,1-4H3,(H2,20,21,22). The minimum Gasteiger partial charge on any atom is -0.357 e. The highest BCUT2D eigenvalue weighted by Crippen LogP contribution is 2.19. The molecule has 0 bridgehead atoms. The van der Waals surface area contributed by atoms with Crippen LogP contribution in [0.15, 0.2) is 34.2 Å². The van der Waals surface area contributed by atoms with E-state index >= 15 is 0 Å². The molecule has 5 nitrogen and oxygen atoms in total. The Bertz CT molecular complexity index is 709. The number of nitrogens with one attached hydrogen (secondary N) is 2. The maximum atomic E-state index is 5.91. The number of rotatable bonds is 7. The summed E-state index contributed by atoms with van der Waals surface area (Å²) < 4.78 is 1.91. The number of aryl methyl sites for hydroxylation is 2. The van der Waals surface area contributed by atoms with Crippen molar-refractivity contribution >= 4 is 29.3 Å². The van der Waals surface area contributed by atoms with Crippen LogP contribution in [0.25, 0.3) is 0 Å². The number of thioether (sulfide) groups is 1. The van der Waals surface area contributed by atoms with E-state index in [0.717, 1.165) is 41.2 Å². The molecule has 0 saturated heterocycles. The first-order valence-electron chi connectivity index (χ1n) is 8.41. The average molecular weight is 380 g/mol. The molecule has 2 N–H and O–H groups in total. The predicted molar refractivity (Wildman–Crippen MR) is 108 cm³/mol. The number of hydrogen-bond acceptors (Lipinski definition) is 3. The number of aliphatic imine (C=N–C) groups is 1. The Morgan fingerprint density at radius 2 is 1.96 bits per heavy atom. The van der Waals surface area contributed by atoms with Crippen LogP contribution >= 0.6 is 23.4 Å². The maximum absolute atomic E-state index is 5.91. The highest BCUT2D eigenvalue weighted by Gasteiger charge is 2.08. The van der Waals surface area contributed by atoms with Gasteiger partial charge in [0.05, 0.1) is 12.2 Å². The van der Waals surface area contributed by atoms with Crippen LogP contribution < -0.4 is 10.6 Å². The lowest BCUT2D eigenvalue weighted by molar-refractivity contribution is 0.730. The Morgan fingerprint density at radius 3 is 2.56 bits per heavy atom. The van der Waals surface area contributed by atoms with Crippen LogP contribution in [0, 0.1) is 13.8 Å². The van der Waals surface area contributed by atoms with Gasteiger partial charge >= 0.3 is 0 Å². The minimum atomic E-state index is 0.630. The van der Waals surface area contributed by atoms with Crippen LogP contribution in [0.2, 0.25) is 5.02 Å². The van der Waals surface area contributed by atoms with Gasteiger partial charge in [0.1, 0.15) is 0 Å². The van der Waals surface area contributed by atoms with Gasteiger partial charge in [-0.25, -0.2) is 4.99 Å². The Morgan fingerprint density at radius 1 is 1.24 bits per heavy atom. The van der Waals surface area contributed by atoms with E-state index in [-0.39, 0.29) is 0 Å². The molecule has 25 heavy (non-hydrogen) atoms. The van der Waals surface area contributed by atoms with Crippen LogP contribution in [0.1, 0.15) is 23.9 Å². The summed E-state index contributed by atoms with van der Waals surface area (Å²) in [6, 6.07) is 7.92. The summed E-state index contributed by atoms with van der Waals surface area (Å²) in [6.45, 7) is 8.48.